The standard InChI is InChI=1S/C17H16FNO/c18-16-8-9-17(15(13-16)7-4-11-19)20-12-10-14-5-2-1-3-6-14/h1-3,5-6,8-9,13H,10-12,19H2. The van der Waals surface area contributed by atoms with Crippen molar-refractivity contribution in [1.29, 1.82) is 0 Å². The number of benzene rings is 2. The summed E-state index contributed by atoms with van der Waals surface area (Å²) in [5.74, 6) is 5.79. The van der Waals surface area contributed by atoms with E-state index >= 15 is 0 Å². The normalized spacial score (nSPS) is 9.70. The van der Waals surface area contributed by atoms with E-state index in [2.05, 4.69) is 11.8 Å². The molecular formula is C17H16FNO. The second-order valence-corrected chi connectivity index (χ2v) is 4.23. The first-order chi connectivity index (χ1) is 9.79. The smallest absolute Gasteiger partial charge is 0.135 e. The van der Waals surface area contributed by atoms with E-state index in [1.54, 1.807) is 6.07 Å². The number of hydrogen-bond donors (Lipinski definition) is 1. The number of rotatable bonds is 4. The zero-order valence-corrected chi connectivity index (χ0v) is 11.1. The molecule has 0 bridgehead atoms. The molecule has 0 heterocycles. The Kier molecular flexibility index (Phi) is 5.16. The summed E-state index contributed by atoms with van der Waals surface area (Å²) in [5, 5.41) is 0. The third kappa shape index (κ3) is 4.11. The fourth-order valence-electron chi connectivity index (χ4n) is 1.80. The highest BCUT2D eigenvalue weighted by Gasteiger charge is 2.03. The zero-order chi connectivity index (χ0) is 14.2. The predicted octanol–water partition coefficient (Wildman–Crippen LogP) is 2.76. The highest BCUT2D eigenvalue weighted by atomic mass is 19.1. The van der Waals surface area contributed by atoms with Crippen LogP contribution in [0.1, 0.15) is 11.1 Å². The Hall–Kier alpha value is -2.31. The van der Waals surface area contributed by atoms with E-state index in [9.17, 15) is 4.39 Å². The molecule has 2 aromatic carbocycles. The molecule has 3 heteroatoms. The average Bonchev–Trinajstić information content (AvgIpc) is 2.48. The monoisotopic (exact) mass is 269 g/mol. The first kappa shape index (κ1) is 14.1. The fraction of sp³-hybridized carbons (Fsp3) is 0.176. The summed E-state index contributed by atoms with van der Waals surface area (Å²) >= 11 is 0. The van der Waals surface area contributed by atoms with Gasteiger partial charge in [-0.1, -0.05) is 42.2 Å². The van der Waals surface area contributed by atoms with Crippen molar-refractivity contribution < 1.29 is 9.13 Å². The lowest BCUT2D eigenvalue weighted by Gasteiger charge is -2.08. The molecule has 0 aliphatic carbocycles. The Morgan fingerprint density at radius 1 is 1.10 bits per heavy atom. The second kappa shape index (κ2) is 7.32. The molecule has 2 nitrogen and oxygen atoms in total. The van der Waals surface area contributed by atoms with Crippen LogP contribution in [0.5, 0.6) is 5.75 Å². The van der Waals surface area contributed by atoms with Gasteiger partial charge in [0.25, 0.3) is 0 Å². The van der Waals surface area contributed by atoms with Gasteiger partial charge in [-0.25, -0.2) is 4.39 Å². The molecule has 0 aliphatic rings. The van der Waals surface area contributed by atoms with Gasteiger partial charge < -0.3 is 10.5 Å². The predicted molar refractivity (Wildman–Crippen MR) is 78.0 cm³/mol. The summed E-state index contributed by atoms with van der Waals surface area (Å²) in [6.07, 6.45) is 0.794. The molecule has 0 aliphatic heterocycles. The molecule has 2 aromatic rings. The molecule has 0 saturated heterocycles. The van der Waals surface area contributed by atoms with Gasteiger partial charge in [-0.2, -0.15) is 0 Å². The molecule has 0 radical (unpaired) electrons. The molecule has 20 heavy (non-hydrogen) atoms. The molecular weight excluding hydrogens is 253 g/mol. The van der Waals surface area contributed by atoms with E-state index in [1.807, 2.05) is 30.3 Å². The molecule has 0 atom stereocenters. The highest BCUT2D eigenvalue weighted by Crippen LogP contribution is 2.19. The SMILES string of the molecule is NCC#Cc1cc(F)ccc1OCCc1ccccc1. The molecule has 102 valence electrons. The zero-order valence-electron chi connectivity index (χ0n) is 11.1. The summed E-state index contributed by atoms with van der Waals surface area (Å²) in [6, 6.07) is 14.4. The summed E-state index contributed by atoms with van der Waals surface area (Å²) in [6.45, 7) is 0.757. The average molecular weight is 269 g/mol. The Morgan fingerprint density at radius 3 is 2.65 bits per heavy atom. The van der Waals surface area contributed by atoms with Gasteiger partial charge in [0.05, 0.1) is 18.7 Å². The Labute approximate surface area is 118 Å². The van der Waals surface area contributed by atoms with Gasteiger partial charge in [-0.15, -0.1) is 0 Å². The van der Waals surface area contributed by atoms with Crippen LogP contribution in [-0.4, -0.2) is 13.2 Å². The van der Waals surface area contributed by atoms with Gasteiger partial charge in [0.15, 0.2) is 0 Å². The molecule has 0 amide bonds. The van der Waals surface area contributed by atoms with Crippen molar-refractivity contribution in [2.75, 3.05) is 13.2 Å². The molecule has 0 aromatic heterocycles. The summed E-state index contributed by atoms with van der Waals surface area (Å²) in [4.78, 5) is 0. The third-order valence-electron chi connectivity index (χ3n) is 2.76. The van der Waals surface area contributed by atoms with Crippen LogP contribution in [0.4, 0.5) is 4.39 Å². The Morgan fingerprint density at radius 2 is 1.90 bits per heavy atom. The van der Waals surface area contributed by atoms with Crippen molar-refractivity contribution in [2.45, 2.75) is 6.42 Å². The van der Waals surface area contributed by atoms with Crippen LogP contribution in [0.15, 0.2) is 48.5 Å². The van der Waals surface area contributed by atoms with Crippen molar-refractivity contribution in [1.82, 2.24) is 0 Å². The maximum Gasteiger partial charge on any atom is 0.135 e. The molecule has 2 rings (SSSR count). The molecule has 0 unspecified atom stereocenters. The van der Waals surface area contributed by atoms with Gasteiger partial charge in [0, 0.05) is 6.42 Å². The molecule has 0 spiro atoms. The molecule has 2 N–H and O–H groups in total. The quantitative estimate of drug-likeness (QED) is 0.866. The van der Waals surface area contributed by atoms with Crippen molar-refractivity contribution in [3.63, 3.8) is 0 Å². The largest absolute Gasteiger partial charge is 0.492 e. The fourth-order valence-corrected chi connectivity index (χ4v) is 1.80. The highest BCUT2D eigenvalue weighted by molar-refractivity contribution is 5.46. The Bertz CT molecular complexity index is 614. The van der Waals surface area contributed by atoms with Gasteiger partial charge in [-0.05, 0) is 23.8 Å². The van der Waals surface area contributed by atoms with Gasteiger partial charge >= 0.3 is 0 Å². The van der Waals surface area contributed by atoms with Gasteiger partial charge in [0.2, 0.25) is 0 Å². The lowest BCUT2D eigenvalue weighted by atomic mass is 10.1. The molecule has 0 saturated carbocycles. The van der Waals surface area contributed by atoms with Gasteiger partial charge in [0.1, 0.15) is 11.6 Å². The summed E-state index contributed by atoms with van der Waals surface area (Å²) < 4.78 is 18.9. The minimum atomic E-state index is -0.332. The number of ether oxygens (including phenoxy) is 1. The maximum atomic E-state index is 13.2. The number of hydrogen-bond acceptors (Lipinski definition) is 2. The minimum Gasteiger partial charge on any atom is -0.492 e. The van der Waals surface area contributed by atoms with Crippen LogP contribution >= 0.6 is 0 Å². The van der Waals surface area contributed by atoms with Crippen molar-refractivity contribution in [3.8, 4) is 17.6 Å². The third-order valence-corrected chi connectivity index (χ3v) is 2.76. The van der Waals surface area contributed by atoms with Crippen LogP contribution in [0.25, 0.3) is 0 Å². The van der Waals surface area contributed by atoms with Crippen LogP contribution in [0.2, 0.25) is 0 Å². The van der Waals surface area contributed by atoms with E-state index < -0.39 is 0 Å². The van der Waals surface area contributed by atoms with Crippen LogP contribution < -0.4 is 10.5 Å². The lowest BCUT2D eigenvalue weighted by molar-refractivity contribution is 0.320. The summed E-state index contributed by atoms with van der Waals surface area (Å²) in [5.41, 5.74) is 7.06. The van der Waals surface area contributed by atoms with Crippen LogP contribution in [-0.2, 0) is 6.42 Å². The Balaban J connectivity index is 2.02. The second-order valence-electron chi connectivity index (χ2n) is 4.23. The molecule has 0 fully saturated rings. The van der Waals surface area contributed by atoms with E-state index in [0.29, 0.717) is 17.9 Å². The van der Waals surface area contributed by atoms with Crippen molar-refractivity contribution >= 4 is 0 Å². The van der Waals surface area contributed by atoms with Crippen molar-refractivity contribution in [2.24, 2.45) is 5.73 Å². The van der Waals surface area contributed by atoms with Crippen molar-refractivity contribution in [3.05, 3.63) is 65.5 Å². The number of halogens is 1. The summed E-state index contributed by atoms with van der Waals surface area (Å²) in [7, 11) is 0. The maximum absolute atomic E-state index is 13.2. The van der Waals surface area contributed by atoms with Crippen LogP contribution in [0.3, 0.4) is 0 Å². The minimum absolute atomic E-state index is 0.236. The topological polar surface area (TPSA) is 35.2 Å². The first-order valence-electron chi connectivity index (χ1n) is 6.45. The van der Waals surface area contributed by atoms with E-state index in [-0.39, 0.29) is 12.4 Å². The number of nitrogens with two attached hydrogens (primary N) is 1. The van der Waals surface area contributed by atoms with Gasteiger partial charge in [-0.3, -0.25) is 0 Å². The lowest BCUT2D eigenvalue weighted by Crippen LogP contribution is -2.03. The first-order valence-corrected chi connectivity index (χ1v) is 6.45. The van der Waals surface area contributed by atoms with E-state index in [4.69, 9.17) is 10.5 Å². The van der Waals surface area contributed by atoms with Crippen LogP contribution in [0, 0.1) is 17.7 Å². The van der Waals surface area contributed by atoms with E-state index in [1.165, 1.54) is 17.7 Å². The van der Waals surface area contributed by atoms with E-state index in [0.717, 1.165) is 6.42 Å².